The Morgan fingerprint density at radius 2 is 1.92 bits per heavy atom. The molecule has 3 N–H and O–H groups in total. The molecule has 136 valence electrons. The molecule has 0 aliphatic heterocycles. The number of benzene rings is 2. The van der Waals surface area contributed by atoms with Crippen molar-refractivity contribution in [2.24, 2.45) is 10.8 Å². The third kappa shape index (κ3) is 7.28. The van der Waals surface area contributed by atoms with Gasteiger partial charge in [0.2, 0.25) is 5.91 Å². The van der Waals surface area contributed by atoms with Gasteiger partial charge in [0.1, 0.15) is 5.75 Å². The van der Waals surface area contributed by atoms with Crippen molar-refractivity contribution in [1.82, 2.24) is 5.43 Å². The van der Waals surface area contributed by atoms with Crippen LogP contribution in [0, 0.1) is 0 Å². The molecule has 0 saturated carbocycles. The van der Waals surface area contributed by atoms with E-state index in [2.05, 4.69) is 26.5 Å². The van der Waals surface area contributed by atoms with Gasteiger partial charge in [-0.05, 0) is 41.5 Å². The first-order valence-electron chi connectivity index (χ1n) is 7.69. The van der Waals surface area contributed by atoms with Gasteiger partial charge in [0.25, 0.3) is 5.91 Å². The van der Waals surface area contributed by atoms with Crippen LogP contribution >= 0.6 is 27.7 Å². The SMILES string of the molecule is NC(=O)COc1ccc(C=NNC(=O)CSCc2ccccc2Br)cc1. The minimum Gasteiger partial charge on any atom is -0.484 e. The van der Waals surface area contributed by atoms with Crippen molar-refractivity contribution < 1.29 is 14.3 Å². The highest BCUT2D eigenvalue weighted by molar-refractivity contribution is 9.10. The molecule has 2 aromatic rings. The average Bonchev–Trinajstić information content (AvgIpc) is 2.62. The summed E-state index contributed by atoms with van der Waals surface area (Å²) in [6, 6.07) is 14.8. The molecular weight excluding hydrogens is 418 g/mol. The smallest absolute Gasteiger partial charge is 0.255 e. The summed E-state index contributed by atoms with van der Waals surface area (Å²) in [5.41, 5.74) is 9.44. The number of amides is 2. The van der Waals surface area contributed by atoms with E-state index in [4.69, 9.17) is 10.5 Å². The van der Waals surface area contributed by atoms with E-state index in [0.29, 0.717) is 11.5 Å². The van der Waals surface area contributed by atoms with E-state index in [0.717, 1.165) is 21.4 Å². The van der Waals surface area contributed by atoms with Gasteiger partial charge in [-0.1, -0.05) is 34.1 Å². The Bertz CT molecular complexity index is 782. The van der Waals surface area contributed by atoms with Crippen molar-refractivity contribution in [3.63, 3.8) is 0 Å². The number of primary amides is 1. The van der Waals surface area contributed by atoms with Crippen LogP contribution in [0.3, 0.4) is 0 Å². The summed E-state index contributed by atoms with van der Waals surface area (Å²) in [6.07, 6.45) is 1.54. The molecule has 2 rings (SSSR count). The van der Waals surface area contributed by atoms with Gasteiger partial charge >= 0.3 is 0 Å². The molecule has 2 aromatic carbocycles. The van der Waals surface area contributed by atoms with Gasteiger partial charge in [-0.3, -0.25) is 9.59 Å². The second-order valence-corrected chi connectivity index (χ2v) is 7.04. The minimum absolute atomic E-state index is 0.166. The lowest BCUT2D eigenvalue weighted by Gasteiger charge is -2.04. The van der Waals surface area contributed by atoms with Gasteiger partial charge < -0.3 is 10.5 Å². The summed E-state index contributed by atoms with van der Waals surface area (Å²) < 4.78 is 6.20. The van der Waals surface area contributed by atoms with Crippen LogP contribution < -0.4 is 15.9 Å². The molecular formula is C18H18BrN3O3S. The number of rotatable bonds is 9. The van der Waals surface area contributed by atoms with Gasteiger partial charge in [0.15, 0.2) is 6.61 Å². The van der Waals surface area contributed by atoms with Crippen LogP contribution in [-0.4, -0.2) is 30.4 Å². The molecule has 2 amide bonds. The van der Waals surface area contributed by atoms with Crippen LogP contribution in [0.25, 0.3) is 0 Å². The molecule has 0 aliphatic carbocycles. The molecule has 0 unspecified atom stereocenters. The zero-order valence-corrected chi connectivity index (χ0v) is 16.3. The second-order valence-electron chi connectivity index (χ2n) is 5.20. The number of halogens is 1. The highest BCUT2D eigenvalue weighted by atomic mass is 79.9. The summed E-state index contributed by atoms with van der Waals surface area (Å²) in [5, 5.41) is 3.93. The number of thioether (sulfide) groups is 1. The zero-order valence-electron chi connectivity index (χ0n) is 13.9. The minimum atomic E-state index is -0.532. The van der Waals surface area contributed by atoms with Crippen molar-refractivity contribution in [2.45, 2.75) is 5.75 Å². The van der Waals surface area contributed by atoms with Crippen molar-refractivity contribution in [3.05, 3.63) is 64.1 Å². The summed E-state index contributed by atoms with van der Waals surface area (Å²) in [7, 11) is 0. The van der Waals surface area contributed by atoms with Crippen LogP contribution in [-0.2, 0) is 15.3 Å². The quantitative estimate of drug-likeness (QED) is 0.467. The van der Waals surface area contributed by atoms with Crippen molar-refractivity contribution in [2.75, 3.05) is 12.4 Å². The molecule has 0 aliphatic rings. The largest absolute Gasteiger partial charge is 0.484 e. The Balaban J connectivity index is 1.71. The Labute approximate surface area is 164 Å². The molecule has 26 heavy (non-hydrogen) atoms. The fourth-order valence-electron chi connectivity index (χ4n) is 1.88. The summed E-state index contributed by atoms with van der Waals surface area (Å²) in [4.78, 5) is 22.4. The van der Waals surface area contributed by atoms with Crippen LogP contribution in [0.4, 0.5) is 0 Å². The van der Waals surface area contributed by atoms with Gasteiger partial charge in [-0.25, -0.2) is 5.43 Å². The fraction of sp³-hybridized carbons (Fsp3) is 0.167. The first-order valence-corrected chi connectivity index (χ1v) is 9.63. The van der Waals surface area contributed by atoms with E-state index < -0.39 is 5.91 Å². The normalized spacial score (nSPS) is 10.7. The lowest BCUT2D eigenvalue weighted by atomic mass is 10.2. The molecule has 0 radical (unpaired) electrons. The monoisotopic (exact) mass is 435 g/mol. The fourth-order valence-corrected chi connectivity index (χ4v) is 3.32. The Morgan fingerprint density at radius 1 is 1.19 bits per heavy atom. The molecule has 8 heteroatoms. The van der Waals surface area contributed by atoms with Crippen molar-refractivity contribution >= 4 is 45.7 Å². The Hall–Kier alpha value is -2.32. The molecule has 6 nitrogen and oxygen atoms in total. The molecule has 0 saturated heterocycles. The van der Waals surface area contributed by atoms with Crippen molar-refractivity contribution in [1.29, 1.82) is 0 Å². The predicted octanol–water partition coefficient (Wildman–Crippen LogP) is 2.70. The molecule has 0 spiro atoms. The number of hydrogen-bond donors (Lipinski definition) is 2. The predicted molar refractivity (Wildman–Crippen MR) is 107 cm³/mol. The second kappa shape index (κ2) is 10.6. The first kappa shape index (κ1) is 20.0. The molecule has 0 bridgehead atoms. The summed E-state index contributed by atoms with van der Waals surface area (Å²) >= 11 is 5.00. The van der Waals surface area contributed by atoms with E-state index in [1.54, 1.807) is 24.3 Å². The maximum Gasteiger partial charge on any atom is 0.255 e. The molecule has 0 fully saturated rings. The summed E-state index contributed by atoms with van der Waals surface area (Å²) in [6.45, 7) is -0.166. The number of ether oxygens (including phenoxy) is 1. The first-order chi connectivity index (χ1) is 12.5. The number of nitrogens with one attached hydrogen (secondary N) is 1. The van der Waals surface area contributed by atoms with E-state index in [1.165, 1.54) is 18.0 Å². The van der Waals surface area contributed by atoms with Gasteiger partial charge in [0, 0.05) is 10.2 Å². The Morgan fingerprint density at radius 3 is 2.62 bits per heavy atom. The van der Waals surface area contributed by atoms with E-state index in [1.807, 2.05) is 24.3 Å². The highest BCUT2D eigenvalue weighted by Gasteiger charge is 2.03. The third-order valence-electron chi connectivity index (χ3n) is 3.11. The van der Waals surface area contributed by atoms with E-state index >= 15 is 0 Å². The van der Waals surface area contributed by atoms with Crippen LogP contribution in [0.2, 0.25) is 0 Å². The van der Waals surface area contributed by atoms with Gasteiger partial charge in [0.05, 0.1) is 12.0 Å². The topological polar surface area (TPSA) is 93.8 Å². The summed E-state index contributed by atoms with van der Waals surface area (Å²) in [5.74, 6) is 0.896. The Kier molecular flexibility index (Phi) is 8.17. The zero-order chi connectivity index (χ0) is 18.8. The average molecular weight is 436 g/mol. The standard InChI is InChI=1S/C18H18BrN3O3S/c19-16-4-2-1-3-14(16)11-26-12-18(24)22-21-9-13-5-7-15(8-6-13)25-10-17(20)23/h1-9H,10-12H2,(H2,20,23)(H,22,24). The molecule has 0 aromatic heterocycles. The van der Waals surface area contributed by atoms with Crippen LogP contribution in [0.15, 0.2) is 58.1 Å². The maximum atomic E-state index is 11.8. The number of carbonyl (C=O) groups is 2. The molecule has 0 atom stereocenters. The highest BCUT2D eigenvalue weighted by Crippen LogP contribution is 2.21. The van der Waals surface area contributed by atoms with Gasteiger partial charge in [-0.2, -0.15) is 5.10 Å². The lowest BCUT2D eigenvalue weighted by Crippen LogP contribution is -2.20. The van der Waals surface area contributed by atoms with Gasteiger partial charge in [-0.15, -0.1) is 11.8 Å². The number of carbonyl (C=O) groups excluding carboxylic acids is 2. The maximum absolute atomic E-state index is 11.8. The third-order valence-corrected chi connectivity index (χ3v) is 4.87. The number of hydrogen-bond acceptors (Lipinski definition) is 5. The molecule has 0 heterocycles. The van der Waals surface area contributed by atoms with E-state index in [-0.39, 0.29) is 12.5 Å². The number of nitrogens with two attached hydrogens (primary N) is 1. The van der Waals surface area contributed by atoms with Crippen molar-refractivity contribution in [3.8, 4) is 5.75 Å². The van der Waals surface area contributed by atoms with E-state index in [9.17, 15) is 9.59 Å². The lowest BCUT2D eigenvalue weighted by molar-refractivity contribution is -0.120. The van der Waals surface area contributed by atoms with Crippen LogP contribution in [0.1, 0.15) is 11.1 Å². The number of hydrazone groups is 1. The number of nitrogens with zero attached hydrogens (tertiary/aromatic N) is 1. The van der Waals surface area contributed by atoms with Crippen LogP contribution in [0.5, 0.6) is 5.75 Å².